The molecule has 0 spiro atoms. The zero-order valence-corrected chi connectivity index (χ0v) is 17.8. The maximum absolute atomic E-state index is 12.2. The highest BCUT2D eigenvalue weighted by molar-refractivity contribution is 9.10. The first-order chi connectivity index (χ1) is 14.6. The van der Waals surface area contributed by atoms with Gasteiger partial charge in [0.2, 0.25) is 0 Å². The summed E-state index contributed by atoms with van der Waals surface area (Å²) in [6.45, 7) is 0.418. The summed E-state index contributed by atoms with van der Waals surface area (Å²) in [6.07, 6.45) is 1.74. The van der Waals surface area contributed by atoms with Crippen molar-refractivity contribution in [3.05, 3.63) is 99.5 Å². The quantitative estimate of drug-likeness (QED) is 0.363. The number of ether oxygens (including phenoxy) is 2. The lowest BCUT2D eigenvalue weighted by Crippen LogP contribution is -2.06. The summed E-state index contributed by atoms with van der Waals surface area (Å²) >= 11 is 3.42. The smallest absolute Gasteiger partial charge is 0.368 e. The largest absolute Gasteiger partial charge is 0.493 e. The van der Waals surface area contributed by atoms with Gasteiger partial charge in [0, 0.05) is 10.0 Å². The Balaban J connectivity index is 1.57. The summed E-state index contributed by atoms with van der Waals surface area (Å²) in [4.78, 5) is 17.1. The summed E-state index contributed by atoms with van der Waals surface area (Å²) in [6, 6.07) is 22.9. The van der Waals surface area contributed by atoms with E-state index in [2.05, 4.69) is 21.1 Å². The van der Waals surface area contributed by atoms with Gasteiger partial charge in [-0.1, -0.05) is 69.6 Å². The number of carbonyl (C=O) groups is 1. The third-order valence-corrected chi connectivity index (χ3v) is 5.08. The summed E-state index contributed by atoms with van der Waals surface area (Å²) in [5.41, 5.74) is 3.54. The van der Waals surface area contributed by atoms with Gasteiger partial charge < -0.3 is 14.3 Å². The van der Waals surface area contributed by atoms with Crippen molar-refractivity contribution in [1.82, 2.24) is 0 Å². The minimum Gasteiger partial charge on any atom is -0.493 e. The van der Waals surface area contributed by atoms with Crippen LogP contribution in [0.25, 0.3) is 6.08 Å². The summed E-state index contributed by atoms with van der Waals surface area (Å²) in [7, 11) is 1.58. The van der Waals surface area contributed by atoms with Gasteiger partial charge in [-0.2, -0.15) is 0 Å². The van der Waals surface area contributed by atoms with E-state index in [1.54, 1.807) is 13.2 Å². The van der Waals surface area contributed by atoms with Gasteiger partial charge in [-0.3, -0.25) is 0 Å². The van der Waals surface area contributed by atoms with Gasteiger partial charge in [0.1, 0.15) is 12.3 Å². The van der Waals surface area contributed by atoms with E-state index in [-0.39, 0.29) is 0 Å². The van der Waals surface area contributed by atoms with E-state index >= 15 is 0 Å². The Hall–Kier alpha value is -3.38. The topological polar surface area (TPSA) is 57.1 Å². The number of hydrogen-bond acceptors (Lipinski definition) is 5. The maximum atomic E-state index is 12.2. The Morgan fingerprint density at radius 1 is 1.00 bits per heavy atom. The minimum atomic E-state index is -0.483. The minimum absolute atomic E-state index is 0.395. The number of carbonyl (C=O) groups excluding carboxylic acids is 1. The first-order valence-corrected chi connectivity index (χ1v) is 10.1. The highest BCUT2D eigenvalue weighted by Crippen LogP contribution is 2.31. The zero-order chi connectivity index (χ0) is 20.9. The molecule has 0 saturated heterocycles. The Morgan fingerprint density at radius 2 is 1.77 bits per heavy atom. The van der Waals surface area contributed by atoms with E-state index in [1.807, 2.05) is 72.8 Å². The molecule has 0 atom stereocenters. The van der Waals surface area contributed by atoms with Crippen molar-refractivity contribution in [2.24, 2.45) is 5.16 Å². The number of benzene rings is 3. The van der Waals surface area contributed by atoms with Crippen LogP contribution >= 0.6 is 15.9 Å². The molecule has 1 aliphatic rings. The first kappa shape index (κ1) is 19.9. The second kappa shape index (κ2) is 8.97. The number of methoxy groups -OCH3 is 1. The molecule has 3 aromatic rings. The van der Waals surface area contributed by atoms with Gasteiger partial charge in [-0.05, 0) is 41.5 Å². The molecule has 6 heteroatoms. The Bertz CT molecular complexity index is 1120. The Kier molecular flexibility index (Phi) is 5.95. The molecule has 0 N–H and O–H groups in total. The van der Waals surface area contributed by atoms with Gasteiger partial charge in [0.05, 0.1) is 12.7 Å². The highest BCUT2D eigenvalue weighted by atomic mass is 79.9. The molecule has 3 aromatic carbocycles. The van der Waals surface area contributed by atoms with Crippen LogP contribution in [0.3, 0.4) is 0 Å². The number of hydrogen-bond donors (Lipinski definition) is 0. The summed E-state index contributed by atoms with van der Waals surface area (Å²) in [5.74, 6) is 0.711. The Morgan fingerprint density at radius 3 is 2.50 bits per heavy atom. The molecule has 0 amide bonds. The van der Waals surface area contributed by atoms with Crippen LogP contribution in [0.15, 0.2) is 88.0 Å². The lowest BCUT2D eigenvalue weighted by atomic mass is 10.0. The van der Waals surface area contributed by atoms with Gasteiger partial charge in [-0.25, -0.2) is 4.79 Å². The molecule has 0 aromatic heterocycles. The molecule has 5 nitrogen and oxygen atoms in total. The van der Waals surface area contributed by atoms with Crippen molar-refractivity contribution in [2.45, 2.75) is 6.61 Å². The number of halogens is 1. The molecule has 30 heavy (non-hydrogen) atoms. The predicted molar refractivity (Wildman–Crippen MR) is 119 cm³/mol. The second-order valence-electron chi connectivity index (χ2n) is 6.57. The standard InChI is InChI=1S/C24H18BrNO4/c1-28-22-14-17(9-12-21(22)29-15-16-7-10-19(25)11-8-16)13-20-23(26-30-24(20)27)18-5-3-2-4-6-18/h2-14H,15H2,1H3/b20-13-. The van der Waals surface area contributed by atoms with Crippen molar-refractivity contribution in [2.75, 3.05) is 7.11 Å². The van der Waals surface area contributed by atoms with Crippen molar-refractivity contribution >= 4 is 33.7 Å². The molecule has 1 aliphatic heterocycles. The van der Waals surface area contributed by atoms with E-state index in [4.69, 9.17) is 14.3 Å². The van der Waals surface area contributed by atoms with Gasteiger partial charge in [0.25, 0.3) is 0 Å². The first-order valence-electron chi connectivity index (χ1n) is 9.26. The fourth-order valence-corrected chi connectivity index (χ4v) is 3.28. The molecule has 0 radical (unpaired) electrons. The lowest BCUT2D eigenvalue weighted by Gasteiger charge is -2.12. The van der Waals surface area contributed by atoms with E-state index in [1.165, 1.54) is 0 Å². The lowest BCUT2D eigenvalue weighted by molar-refractivity contribution is -0.136. The molecular formula is C24H18BrNO4. The third kappa shape index (κ3) is 4.44. The predicted octanol–water partition coefficient (Wildman–Crippen LogP) is 5.38. The average molecular weight is 464 g/mol. The molecule has 0 fully saturated rings. The fraction of sp³-hybridized carbons (Fsp3) is 0.0833. The van der Waals surface area contributed by atoms with Crippen LogP contribution in [-0.2, 0) is 16.2 Å². The zero-order valence-electron chi connectivity index (χ0n) is 16.2. The van der Waals surface area contributed by atoms with E-state index in [0.29, 0.717) is 29.4 Å². The molecule has 0 saturated carbocycles. The average Bonchev–Trinajstić information content (AvgIpc) is 3.14. The second-order valence-corrected chi connectivity index (χ2v) is 7.48. The fourth-order valence-electron chi connectivity index (χ4n) is 3.02. The third-order valence-electron chi connectivity index (χ3n) is 4.55. The monoisotopic (exact) mass is 463 g/mol. The SMILES string of the molecule is COc1cc(/C=C2\C(=O)ON=C2c2ccccc2)ccc1OCc1ccc(Br)cc1. The van der Waals surface area contributed by atoms with Crippen LogP contribution in [0.5, 0.6) is 11.5 Å². The molecule has 0 bridgehead atoms. The van der Waals surface area contributed by atoms with Crippen LogP contribution in [0.4, 0.5) is 0 Å². The molecule has 1 heterocycles. The van der Waals surface area contributed by atoms with Crippen molar-refractivity contribution in [1.29, 1.82) is 0 Å². The molecular weight excluding hydrogens is 446 g/mol. The number of rotatable bonds is 6. The van der Waals surface area contributed by atoms with Crippen LogP contribution in [-0.4, -0.2) is 18.8 Å². The van der Waals surface area contributed by atoms with Crippen LogP contribution < -0.4 is 9.47 Å². The van der Waals surface area contributed by atoms with Crippen molar-refractivity contribution < 1.29 is 19.1 Å². The highest BCUT2D eigenvalue weighted by Gasteiger charge is 2.26. The van der Waals surface area contributed by atoms with Gasteiger partial charge >= 0.3 is 5.97 Å². The van der Waals surface area contributed by atoms with E-state index < -0.39 is 5.97 Å². The van der Waals surface area contributed by atoms with Crippen LogP contribution in [0.1, 0.15) is 16.7 Å². The van der Waals surface area contributed by atoms with Crippen LogP contribution in [0.2, 0.25) is 0 Å². The molecule has 4 rings (SSSR count). The summed E-state index contributed by atoms with van der Waals surface area (Å²) < 4.78 is 12.4. The maximum Gasteiger partial charge on any atom is 0.368 e. The van der Waals surface area contributed by atoms with Crippen molar-refractivity contribution in [3.63, 3.8) is 0 Å². The van der Waals surface area contributed by atoms with E-state index in [0.717, 1.165) is 21.2 Å². The number of oxime groups is 1. The molecule has 150 valence electrons. The van der Waals surface area contributed by atoms with Gasteiger partial charge in [0.15, 0.2) is 11.5 Å². The van der Waals surface area contributed by atoms with Gasteiger partial charge in [-0.15, -0.1) is 0 Å². The van der Waals surface area contributed by atoms with Crippen molar-refractivity contribution in [3.8, 4) is 11.5 Å². The summed E-state index contributed by atoms with van der Waals surface area (Å²) in [5, 5.41) is 3.93. The van der Waals surface area contributed by atoms with E-state index in [9.17, 15) is 4.79 Å². The van der Waals surface area contributed by atoms with Crippen LogP contribution in [0, 0.1) is 0 Å². The number of nitrogens with zero attached hydrogens (tertiary/aromatic N) is 1. The molecule has 0 aliphatic carbocycles. The molecule has 0 unspecified atom stereocenters. The normalized spacial score (nSPS) is 14.4. The Labute approximate surface area is 182 Å².